The van der Waals surface area contributed by atoms with Crippen molar-refractivity contribution < 1.29 is 14.3 Å². The lowest BCUT2D eigenvalue weighted by molar-refractivity contribution is 0.0996. The van der Waals surface area contributed by atoms with Crippen LogP contribution in [-0.2, 0) is 25.9 Å². The highest BCUT2D eigenvalue weighted by molar-refractivity contribution is 5.96. The van der Waals surface area contributed by atoms with E-state index in [2.05, 4.69) is 16.1 Å². The van der Waals surface area contributed by atoms with Gasteiger partial charge in [-0.2, -0.15) is 4.91 Å². The maximum atomic E-state index is 11.8. The van der Waals surface area contributed by atoms with Gasteiger partial charge in [-0.25, -0.2) is 0 Å². The second-order valence-corrected chi connectivity index (χ2v) is 7.24. The molecule has 28 heavy (non-hydrogen) atoms. The van der Waals surface area contributed by atoms with Gasteiger partial charge < -0.3 is 15.2 Å². The Morgan fingerprint density at radius 3 is 2.75 bits per heavy atom. The van der Waals surface area contributed by atoms with Crippen LogP contribution >= 0.6 is 0 Å². The Balaban J connectivity index is 1.77. The molecule has 7 nitrogen and oxygen atoms in total. The molecule has 2 aliphatic rings. The quantitative estimate of drug-likeness (QED) is 0.804. The van der Waals surface area contributed by atoms with E-state index in [1.807, 2.05) is 12.1 Å². The number of ether oxygens (including phenoxy) is 2. The molecule has 0 saturated heterocycles. The minimum Gasteiger partial charge on any atom is -0.496 e. The van der Waals surface area contributed by atoms with Crippen LogP contribution < -0.4 is 15.2 Å². The van der Waals surface area contributed by atoms with Crippen LogP contribution in [0.25, 0.3) is 0 Å². The van der Waals surface area contributed by atoms with Crippen molar-refractivity contribution in [3.63, 3.8) is 0 Å². The summed E-state index contributed by atoms with van der Waals surface area (Å²) in [7, 11) is 3.19. The predicted molar refractivity (Wildman–Crippen MR) is 105 cm³/mol. The van der Waals surface area contributed by atoms with Crippen molar-refractivity contribution in [3.8, 4) is 11.5 Å². The van der Waals surface area contributed by atoms with Crippen molar-refractivity contribution in [1.82, 2.24) is 4.90 Å². The molecule has 0 bridgehead atoms. The maximum absolute atomic E-state index is 11.8. The molecule has 1 unspecified atom stereocenters. The molecule has 4 rings (SSSR count). The van der Waals surface area contributed by atoms with Crippen LogP contribution in [0.3, 0.4) is 0 Å². The van der Waals surface area contributed by atoms with E-state index in [9.17, 15) is 9.70 Å². The van der Waals surface area contributed by atoms with Crippen molar-refractivity contribution in [3.05, 3.63) is 62.6 Å². The molecule has 146 valence electrons. The van der Waals surface area contributed by atoms with Gasteiger partial charge in [0, 0.05) is 30.3 Å². The van der Waals surface area contributed by atoms with E-state index < -0.39 is 5.91 Å². The van der Waals surface area contributed by atoms with Crippen LogP contribution in [0.2, 0.25) is 0 Å². The molecule has 0 spiro atoms. The second kappa shape index (κ2) is 7.24. The first-order chi connectivity index (χ1) is 13.6. The van der Waals surface area contributed by atoms with E-state index in [4.69, 9.17) is 15.2 Å². The van der Waals surface area contributed by atoms with Crippen LogP contribution in [0.1, 0.15) is 44.2 Å². The second-order valence-electron chi connectivity index (χ2n) is 7.24. The number of primary amides is 1. The standard InChI is InChI=1S/C21H23N3O4/c1-27-19-9-13-5-6-24-11-17-12(3-4-15(21(22)25)20(17)28-2)8-18(24)16(13)7-14(19)10-23-26/h3-4,7,9,18H,5-6,8,10-11H2,1-2H3,(H2,22,25). The fourth-order valence-corrected chi connectivity index (χ4v) is 4.51. The number of methoxy groups -OCH3 is 2. The minimum atomic E-state index is -0.483. The molecule has 0 fully saturated rings. The number of benzene rings is 2. The molecule has 1 atom stereocenters. The van der Waals surface area contributed by atoms with Crippen molar-refractivity contribution in [2.75, 3.05) is 20.8 Å². The van der Waals surface area contributed by atoms with E-state index >= 15 is 0 Å². The summed E-state index contributed by atoms with van der Waals surface area (Å²) < 4.78 is 11.0. The van der Waals surface area contributed by atoms with Gasteiger partial charge in [0.1, 0.15) is 18.0 Å². The van der Waals surface area contributed by atoms with E-state index in [0.717, 1.165) is 41.8 Å². The highest BCUT2D eigenvalue weighted by Crippen LogP contribution is 2.43. The smallest absolute Gasteiger partial charge is 0.252 e. The van der Waals surface area contributed by atoms with Crippen molar-refractivity contribution in [2.24, 2.45) is 10.9 Å². The monoisotopic (exact) mass is 381 g/mol. The van der Waals surface area contributed by atoms with E-state index in [1.54, 1.807) is 20.3 Å². The summed E-state index contributed by atoms with van der Waals surface area (Å²) >= 11 is 0. The Morgan fingerprint density at radius 1 is 1.25 bits per heavy atom. The first-order valence-corrected chi connectivity index (χ1v) is 9.28. The molecule has 1 amide bonds. The SMILES string of the molecule is COc1cc2c(cc1CN=O)C1Cc3ccc(C(N)=O)c(OC)c3CN1CC2. The zero-order valence-corrected chi connectivity index (χ0v) is 16.0. The molecular weight excluding hydrogens is 358 g/mol. The predicted octanol–water partition coefficient (Wildman–Crippen LogP) is 2.72. The van der Waals surface area contributed by atoms with Crippen LogP contribution in [0, 0.1) is 4.91 Å². The van der Waals surface area contributed by atoms with E-state index in [1.165, 1.54) is 11.1 Å². The summed E-state index contributed by atoms with van der Waals surface area (Å²) in [4.78, 5) is 25.0. The number of nitrogens with two attached hydrogens (primary N) is 1. The summed E-state index contributed by atoms with van der Waals surface area (Å²) in [6, 6.07) is 8.03. The molecule has 0 saturated carbocycles. The Hall–Kier alpha value is -2.93. The average Bonchev–Trinajstić information content (AvgIpc) is 2.71. The van der Waals surface area contributed by atoms with Gasteiger partial charge in [-0.1, -0.05) is 11.2 Å². The zero-order chi connectivity index (χ0) is 19.8. The third-order valence-electron chi connectivity index (χ3n) is 5.85. The van der Waals surface area contributed by atoms with Gasteiger partial charge in [-0.05, 0) is 47.7 Å². The van der Waals surface area contributed by atoms with Crippen LogP contribution in [0.15, 0.2) is 29.4 Å². The Bertz CT molecular complexity index is 957. The molecule has 2 N–H and O–H groups in total. The first-order valence-electron chi connectivity index (χ1n) is 9.28. The zero-order valence-electron chi connectivity index (χ0n) is 16.0. The molecule has 0 radical (unpaired) electrons. The number of nitroso groups, excluding NO2 is 1. The summed E-state index contributed by atoms with van der Waals surface area (Å²) in [6.45, 7) is 1.68. The summed E-state index contributed by atoms with van der Waals surface area (Å²) in [5.74, 6) is 0.814. The highest BCUT2D eigenvalue weighted by atomic mass is 16.5. The van der Waals surface area contributed by atoms with Gasteiger partial charge in [0.2, 0.25) is 0 Å². The fraction of sp³-hybridized carbons (Fsp3) is 0.381. The van der Waals surface area contributed by atoms with Gasteiger partial charge in [0.05, 0.1) is 19.8 Å². The third kappa shape index (κ3) is 2.92. The van der Waals surface area contributed by atoms with Gasteiger partial charge in [-0.15, -0.1) is 0 Å². The number of rotatable bonds is 5. The topological polar surface area (TPSA) is 94.2 Å². The van der Waals surface area contributed by atoms with Crippen LogP contribution in [0.5, 0.6) is 11.5 Å². The Morgan fingerprint density at radius 2 is 2.07 bits per heavy atom. The molecular formula is C21H23N3O4. The molecule has 2 aromatic carbocycles. The van der Waals surface area contributed by atoms with Gasteiger partial charge in [0.15, 0.2) is 0 Å². The van der Waals surface area contributed by atoms with E-state index in [-0.39, 0.29) is 12.6 Å². The summed E-state index contributed by atoms with van der Waals surface area (Å²) in [5.41, 5.74) is 11.4. The fourth-order valence-electron chi connectivity index (χ4n) is 4.51. The number of fused-ring (bicyclic) bond motifs is 4. The highest BCUT2D eigenvalue weighted by Gasteiger charge is 2.35. The third-order valence-corrected chi connectivity index (χ3v) is 5.85. The summed E-state index contributed by atoms with van der Waals surface area (Å²) in [5, 5.41) is 3.05. The number of carbonyl (C=O) groups is 1. The Labute approximate surface area is 163 Å². The number of carbonyl (C=O) groups excluding carboxylic acids is 1. The van der Waals surface area contributed by atoms with Gasteiger partial charge in [-0.3, -0.25) is 9.69 Å². The first kappa shape index (κ1) is 18.4. The van der Waals surface area contributed by atoms with Crippen LogP contribution in [0.4, 0.5) is 0 Å². The molecule has 2 aliphatic heterocycles. The van der Waals surface area contributed by atoms with E-state index in [0.29, 0.717) is 17.9 Å². The summed E-state index contributed by atoms with van der Waals surface area (Å²) in [6.07, 6.45) is 1.70. The van der Waals surface area contributed by atoms with Crippen LogP contribution in [-0.4, -0.2) is 31.6 Å². The normalized spacial score (nSPS) is 17.9. The molecule has 0 aromatic heterocycles. The lowest BCUT2D eigenvalue weighted by atomic mass is 9.82. The van der Waals surface area contributed by atoms with Crippen molar-refractivity contribution in [1.29, 1.82) is 0 Å². The molecule has 2 aromatic rings. The molecule has 7 heteroatoms. The number of hydrogen-bond donors (Lipinski definition) is 1. The van der Waals surface area contributed by atoms with Crippen molar-refractivity contribution in [2.45, 2.75) is 32.0 Å². The average molecular weight is 381 g/mol. The molecule has 2 heterocycles. The maximum Gasteiger partial charge on any atom is 0.252 e. The van der Waals surface area contributed by atoms with Crippen molar-refractivity contribution >= 4 is 5.91 Å². The van der Waals surface area contributed by atoms with Gasteiger partial charge in [0.25, 0.3) is 5.91 Å². The Kier molecular flexibility index (Phi) is 4.77. The number of nitrogens with zero attached hydrogens (tertiary/aromatic N) is 2. The van der Waals surface area contributed by atoms with Gasteiger partial charge >= 0.3 is 0 Å². The number of hydrogen-bond acceptors (Lipinski definition) is 6. The lowest BCUT2D eigenvalue weighted by Crippen LogP contribution is -2.39. The lowest BCUT2D eigenvalue weighted by Gasteiger charge is -2.42. The minimum absolute atomic E-state index is 0.0928. The number of amides is 1. The largest absolute Gasteiger partial charge is 0.496 e. The molecule has 0 aliphatic carbocycles.